The molecule has 2 nitrogen and oxygen atoms in total. The predicted molar refractivity (Wildman–Crippen MR) is 217 cm³/mol. The summed E-state index contributed by atoms with van der Waals surface area (Å²) in [6, 6.07) is 52.1. The number of para-hydroxylation sites is 1. The summed E-state index contributed by atoms with van der Waals surface area (Å²) in [5, 5.41) is 5.09. The van der Waals surface area contributed by atoms with Crippen LogP contribution in [-0.4, -0.2) is 0 Å². The molecule has 0 radical (unpaired) electrons. The van der Waals surface area contributed by atoms with Crippen molar-refractivity contribution in [3.8, 4) is 22.3 Å². The quantitative estimate of drug-likeness (QED) is 0.175. The number of rotatable bonds is 6. The van der Waals surface area contributed by atoms with E-state index < -0.39 is 0 Å². The Kier molecular flexibility index (Phi) is 7.32. The van der Waals surface area contributed by atoms with Crippen molar-refractivity contribution in [1.82, 2.24) is 0 Å². The van der Waals surface area contributed by atoms with E-state index in [1.165, 1.54) is 47.8 Å². The molecule has 2 aliphatic rings. The lowest BCUT2D eigenvalue weighted by atomic mass is 9.90. The van der Waals surface area contributed by atoms with Crippen molar-refractivity contribution < 1.29 is 4.42 Å². The number of allylic oxidation sites excluding steroid dienone is 4. The van der Waals surface area contributed by atoms with Crippen LogP contribution in [-0.2, 0) is 0 Å². The van der Waals surface area contributed by atoms with Gasteiger partial charge in [0.1, 0.15) is 11.2 Å². The molecule has 0 amide bonds. The second-order valence-electron chi connectivity index (χ2n) is 13.5. The number of thiophene rings is 1. The molecule has 10 rings (SSSR count). The van der Waals surface area contributed by atoms with Crippen LogP contribution in [0.4, 0.5) is 11.4 Å². The molecule has 0 saturated carbocycles. The zero-order chi connectivity index (χ0) is 33.7. The van der Waals surface area contributed by atoms with Crippen LogP contribution in [0.15, 0.2) is 173 Å². The van der Waals surface area contributed by atoms with Gasteiger partial charge in [-0.3, -0.25) is 0 Å². The minimum Gasteiger partial charge on any atom is -0.455 e. The number of benzene rings is 6. The smallest absolute Gasteiger partial charge is 0.145 e. The van der Waals surface area contributed by atoms with Gasteiger partial charge in [-0.2, -0.15) is 0 Å². The van der Waals surface area contributed by atoms with Gasteiger partial charge >= 0.3 is 0 Å². The van der Waals surface area contributed by atoms with Gasteiger partial charge in [0.25, 0.3) is 0 Å². The first kappa shape index (κ1) is 30.0. The van der Waals surface area contributed by atoms with Gasteiger partial charge < -0.3 is 9.32 Å². The second kappa shape index (κ2) is 12.5. The topological polar surface area (TPSA) is 16.4 Å². The highest BCUT2D eigenvalue weighted by Gasteiger charge is 2.25. The third-order valence-electron chi connectivity index (χ3n) is 10.5. The minimum atomic E-state index is 0.904. The predicted octanol–water partition coefficient (Wildman–Crippen LogP) is 12.3. The van der Waals surface area contributed by atoms with E-state index in [0.717, 1.165) is 70.1 Å². The molecule has 2 heterocycles. The number of anilines is 2. The number of fused-ring (bicyclic) bond motifs is 6. The highest BCUT2D eigenvalue weighted by Crippen LogP contribution is 2.46. The van der Waals surface area contributed by atoms with Gasteiger partial charge in [-0.15, -0.1) is 11.3 Å². The average Bonchev–Trinajstić information content (AvgIpc) is 3.79. The molecule has 3 heteroatoms. The third kappa shape index (κ3) is 5.16. The van der Waals surface area contributed by atoms with Crippen molar-refractivity contribution in [1.29, 1.82) is 0 Å². The number of furan rings is 1. The maximum absolute atomic E-state index is 6.72. The Balaban J connectivity index is 1.16. The van der Waals surface area contributed by atoms with E-state index in [9.17, 15) is 0 Å². The molecule has 0 atom stereocenters. The van der Waals surface area contributed by atoms with Gasteiger partial charge in [0.15, 0.2) is 0 Å². The molecule has 0 unspecified atom stereocenters. The molecule has 0 fully saturated rings. The largest absolute Gasteiger partial charge is 0.455 e. The van der Waals surface area contributed by atoms with Crippen molar-refractivity contribution in [3.05, 3.63) is 179 Å². The van der Waals surface area contributed by atoms with Gasteiger partial charge in [0.05, 0.1) is 11.1 Å². The summed E-state index contributed by atoms with van der Waals surface area (Å²) in [5.41, 5.74) is 13.1. The van der Waals surface area contributed by atoms with Gasteiger partial charge in [-0.05, 0) is 107 Å². The standard InChI is InChI=1S/C48H35NOS/c1-3-12-32(13-4-1)33-22-26-36(27-23-33)49(37-28-24-35(25-29-37)39-18-11-19-41-40-16-8-10-21-45(40)51-48(39)41)43-31-30-38(34-14-5-2-6-15-34)47-46(43)42-17-7-9-20-44(42)50-47/h1-10,12-17,19-24,26-28,30-31H,11,18,25,29H2. The van der Waals surface area contributed by atoms with E-state index >= 15 is 0 Å². The zero-order valence-electron chi connectivity index (χ0n) is 28.2. The molecule has 8 aromatic rings. The second-order valence-corrected chi connectivity index (χ2v) is 14.5. The number of nitrogens with zero attached hydrogens (tertiary/aromatic N) is 1. The molecule has 0 aliphatic heterocycles. The summed E-state index contributed by atoms with van der Waals surface area (Å²) in [6.07, 6.45) is 11.4. The van der Waals surface area contributed by atoms with Gasteiger partial charge in [0, 0.05) is 31.6 Å². The minimum absolute atomic E-state index is 0.904. The number of hydrogen-bond acceptors (Lipinski definition) is 3. The fraction of sp³-hybridized carbons (Fsp3) is 0.0833. The van der Waals surface area contributed by atoms with Crippen LogP contribution in [0, 0.1) is 0 Å². The lowest BCUT2D eigenvalue weighted by molar-refractivity contribution is 0.670. The molecule has 0 spiro atoms. The average molecular weight is 674 g/mol. The molecule has 0 saturated heterocycles. The first-order valence-electron chi connectivity index (χ1n) is 17.9. The lowest BCUT2D eigenvalue weighted by Gasteiger charge is -2.31. The molecule has 2 aliphatic carbocycles. The first-order chi connectivity index (χ1) is 25.3. The SMILES string of the molecule is C1=C(C2=c3sc4ccccc4c3=CCC2)CCC(N(c2ccc(-c3ccccc3)cc2)c2ccc(-c3ccccc3)c3oc4ccccc4c23)=C1. The fourth-order valence-electron chi connectivity index (χ4n) is 8.07. The van der Waals surface area contributed by atoms with E-state index in [4.69, 9.17) is 4.42 Å². The van der Waals surface area contributed by atoms with Crippen LogP contribution < -0.4 is 14.7 Å². The molecule has 2 aromatic heterocycles. The van der Waals surface area contributed by atoms with Crippen LogP contribution in [0.5, 0.6) is 0 Å². The Labute approximate surface area is 301 Å². The van der Waals surface area contributed by atoms with E-state index in [1.807, 2.05) is 11.3 Å². The van der Waals surface area contributed by atoms with Crippen LogP contribution in [0.2, 0.25) is 0 Å². The highest BCUT2D eigenvalue weighted by molar-refractivity contribution is 7.17. The Morgan fingerprint density at radius 1 is 0.569 bits per heavy atom. The summed E-state index contributed by atoms with van der Waals surface area (Å²) >= 11 is 1.95. The molecule has 6 aromatic carbocycles. The monoisotopic (exact) mass is 673 g/mol. The maximum Gasteiger partial charge on any atom is 0.145 e. The van der Waals surface area contributed by atoms with Crippen LogP contribution in [0.3, 0.4) is 0 Å². The van der Waals surface area contributed by atoms with Crippen LogP contribution >= 0.6 is 11.3 Å². The van der Waals surface area contributed by atoms with Crippen LogP contribution in [0.25, 0.3) is 65.9 Å². The summed E-state index contributed by atoms with van der Waals surface area (Å²) < 4.78 is 9.56. The fourth-order valence-corrected chi connectivity index (χ4v) is 9.39. The maximum atomic E-state index is 6.72. The van der Waals surface area contributed by atoms with Gasteiger partial charge in [-0.25, -0.2) is 0 Å². The third-order valence-corrected chi connectivity index (χ3v) is 11.8. The van der Waals surface area contributed by atoms with Crippen molar-refractivity contribution >= 4 is 66.4 Å². The zero-order valence-corrected chi connectivity index (χ0v) is 29.0. The van der Waals surface area contributed by atoms with E-state index in [-0.39, 0.29) is 0 Å². The Hall–Kier alpha value is -5.90. The normalized spacial score (nSPS) is 14.3. The summed E-state index contributed by atoms with van der Waals surface area (Å²) in [6.45, 7) is 0. The molecule has 0 bridgehead atoms. The van der Waals surface area contributed by atoms with Crippen molar-refractivity contribution in [2.24, 2.45) is 0 Å². The molecule has 244 valence electrons. The first-order valence-corrected chi connectivity index (χ1v) is 18.7. The number of hydrogen-bond donors (Lipinski definition) is 0. The van der Waals surface area contributed by atoms with Crippen molar-refractivity contribution in [2.45, 2.75) is 25.7 Å². The van der Waals surface area contributed by atoms with E-state index in [1.54, 1.807) is 0 Å². The Morgan fingerprint density at radius 2 is 1.27 bits per heavy atom. The molecular weight excluding hydrogens is 639 g/mol. The molecular formula is C48H35NOS. The lowest BCUT2D eigenvalue weighted by Crippen LogP contribution is -2.26. The van der Waals surface area contributed by atoms with E-state index in [2.05, 4.69) is 169 Å². The van der Waals surface area contributed by atoms with Crippen molar-refractivity contribution in [3.63, 3.8) is 0 Å². The highest BCUT2D eigenvalue weighted by atomic mass is 32.1. The van der Waals surface area contributed by atoms with E-state index in [0.29, 0.717) is 0 Å². The van der Waals surface area contributed by atoms with Gasteiger partial charge in [0.2, 0.25) is 0 Å². The summed E-state index contributed by atoms with van der Waals surface area (Å²) in [7, 11) is 0. The molecule has 51 heavy (non-hydrogen) atoms. The Morgan fingerprint density at radius 3 is 2.06 bits per heavy atom. The van der Waals surface area contributed by atoms with Crippen molar-refractivity contribution in [2.75, 3.05) is 4.90 Å². The Bertz CT molecular complexity index is 2780. The molecule has 0 N–H and O–H groups in total. The summed E-state index contributed by atoms with van der Waals surface area (Å²) in [5.74, 6) is 0. The van der Waals surface area contributed by atoms with Crippen LogP contribution in [0.1, 0.15) is 25.7 Å². The van der Waals surface area contributed by atoms with Gasteiger partial charge in [-0.1, -0.05) is 121 Å². The summed E-state index contributed by atoms with van der Waals surface area (Å²) in [4.78, 5) is 2.48.